The molecule has 0 unspecified atom stereocenters. The maximum atomic E-state index is 13.2. The normalized spacial score (nSPS) is 15.9. The minimum Gasteiger partial charge on any atom is -0.304 e. The van der Waals surface area contributed by atoms with E-state index in [9.17, 15) is 4.79 Å². The Morgan fingerprint density at radius 1 is 0.833 bits per heavy atom. The van der Waals surface area contributed by atoms with Crippen LogP contribution < -0.4 is 0 Å². The lowest BCUT2D eigenvalue weighted by atomic mass is 9.92. The molecule has 2 aliphatic rings. The number of aromatic nitrogens is 4. The molecule has 0 spiro atoms. The Balaban J connectivity index is 1.81. The van der Waals surface area contributed by atoms with Gasteiger partial charge in [0.1, 0.15) is 5.70 Å². The Morgan fingerprint density at radius 3 is 2.33 bits per heavy atom. The quantitative estimate of drug-likeness (QED) is 0.731. The maximum absolute atomic E-state index is 13.2. The molecule has 2 heterocycles. The molecule has 5 heteroatoms. The van der Waals surface area contributed by atoms with Crippen molar-refractivity contribution in [2.75, 3.05) is 0 Å². The molecule has 24 heavy (non-hydrogen) atoms. The Morgan fingerprint density at radius 2 is 1.58 bits per heavy atom. The van der Waals surface area contributed by atoms with Crippen LogP contribution in [0.4, 0.5) is 0 Å². The molecule has 114 valence electrons. The molecule has 0 atom stereocenters. The van der Waals surface area contributed by atoms with Crippen LogP contribution in [0.1, 0.15) is 11.1 Å². The lowest BCUT2D eigenvalue weighted by molar-refractivity contribution is -0.110. The van der Waals surface area contributed by atoms with Gasteiger partial charge in [-0.3, -0.25) is 4.79 Å². The topological polar surface area (TPSA) is 52.7 Å². The van der Waals surface area contributed by atoms with E-state index in [1.165, 1.54) is 0 Å². The summed E-state index contributed by atoms with van der Waals surface area (Å²) in [5.74, 6) is -0.00889. The van der Waals surface area contributed by atoms with Gasteiger partial charge in [-0.05, 0) is 28.9 Å². The van der Waals surface area contributed by atoms with Crippen LogP contribution in [-0.4, -0.2) is 24.9 Å². The predicted molar refractivity (Wildman–Crippen MR) is 91.3 cm³/mol. The average Bonchev–Trinajstić information content (AvgIpc) is 3.35. The zero-order chi connectivity index (χ0) is 16.1. The third-order valence-electron chi connectivity index (χ3n) is 4.37. The van der Waals surface area contributed by atoms with E-state index in [1.54, 1.807) is 35.8 Å². The van der Waals surface area contributed by atoms with Crippen molar-refractivity contribution in [3.05, 3.63) is 84.5 Å². The highest BCUT2D eigenvalue weighted by Gasteiger charge is 2.32. The fraction of sp³-hybridized carbons (Fsp3) is 0. The summed E-state index contributed by atoms with van der Waals surface area (Å²) in [6.45, 7) is 0. The number of hydrogen-bond acceptors (Lipinski definition) is 3. The SMILES string of the molecule is O=C1C2=Cc3ccccc3C2=CC(n2ccnc2)=C1n1ccnc1. The molecule has 0 radical (unpaired) electrons. The molecule has 3 aromatic rings. The number of hydrogen-bond donors (Lipinski definition) is 0. The summed E-state index contributed by atoms with van der Waals surface area (Å²) in [6.07, 6.45) is 14.4. The van der Waals surface area contributed by atoms with Crippen LogP contribution in [0.5, 0.6) is 0 Å². The highest BCUT2D eigenvalue weighted by Crippen LogP contribution is 2.42. The van der Waals surface area contributed by atoms with E-state index in [-0.39, 0.29) is 5.78 Å². The van der Waals surface area contributed by atoms with Crippen LogP contribution in [0.15, 0.2) is 73.4 Å². The number of ketones is 1. The largest absolute Gasteiger partial charge is 0.304 e. The lowest BCUT2D eigenvalue weighted by Gasteiger charge is -2.20. The second kappa shape index (κ2) is 4.76. The molecule has 1 aromatic carbocycles. The second-order valence-electron chi connectivity index (χ2n) is 5.71. The van der Waals surface area contributed by atoms with Gasteiger partial charge in [-0.25, -0.2) is 9.97 Å². The van der Waals surface area contributed by atoms with Crippen molar-refractivity contribution in [2.45, 2.75) is 0 Å². The first-order valence-electron chi connectivity index (χ1n) is 7.62. The van der Waals surface area contributed by atoms with Crippen LogP contribution in [-0.2, 0) is 4.79 Å². The molecule has 0 aliphatic heterocycles. The molecule has 5 rings (SSSR count). The second-order valence-corrected chi connectivity index (χ2v) is 5.71. The zero-order valence-electron chi connectivity index (χ0n) is 12.6. The minimum atomic E-state index is -0.00889. The van der Waals surface area contributed by atoms with Crippen molar-refractivity contribution in [3.8, 4) is 0 Å². The van der Waals surface area contributed by atoms with E-state index in [2.05, 4.69) is 16.0 Å². The van der Waals surface area contributed by atoms with Gasteiger partial charge in [0.2, 0.25) is 5.78 Å². The predicted octanol–water partition coefficient (Wildman–Crippen LogP) is 2.97. The minimum absolute atomic E-state index is 0.00889. The number of imidazole rings is 2. The Bertz CT molecular complexity index is 1050. The van der Waals surface area contributed by atoms with Gasteiger partial charge < -0.3 is 9.13 Å². The number of benzene rings is 1. The monoisotopic (exact) mass is 312 g/mol. The van der Waals surface area contributed by atoms with Crippen molar-refractivity contribution in [2.24, 2.45) is 0 Å². The zero-order valence-corrected chi connectivity index (χ0v) is 12.6. The van der Waals surface area contributed by atoms with Crippen molar-refractivity contribution in [3.63, 3.8) is 0 Å². The van der Waals surface area contributed by atoms with E-state index >= 15 is 0 Å². The molecule has 0 N–H and O–H groups in total. The highest BCUT2D eigenvalue weighted by atomic mass is 16.1. The molecule has 0 saturated carbocycles. The Labute approximate surface area is 137 Å². The summed E-state index contributed by atoms with van der Waals surface area (Å²) in [5, 5.41) is 0. The number of nitrogens with zero attached hydrogens (tertiary/aromatic N) is 4. The molecule has 2 aliphatic carbocycles. The van der Waals surface area contributed by atoms with Crippen LogP contribution in [0, 0.1) is 0 Å². The van der Waals surface area contributed by atoms with Crippen molar-refractivity contribution < 1.29 is 4.79 Å². The molecule has 0 fully saturated rings. The molecule has 0 saturated heterocycles. The summed E-state index contributed by atoms with van der Waals surface area (Å²) >= 11 is 0. The van der Waals surface area contributed by atoms with Crippen LogP contribution >= 0.6 is 0 Å². The van der Waals surface area contributed by atoms with Crippen LogP contribution in [0.2, 0.25) is 0 Å². The van der Waals surface area contributed by atoms with Gasteiger partial charge in [0.25, 0.3) is 0 Å². The first-order chi connectivity index (χ1) is 11.8. The van der Waals surface area contributed by atoms with Crippen molar-refractivity contribution in [1.82, 2.24) is 19.1 Å². The van der Waals surface area contributed by atoms with Gasteiger partial charge in [-0.2, -0.15) is 0 Å². The number of carbonyl (C=O) groups excluding carboxylic acids is 1. The van der Waals surface area contributed by atoms with Gasteiger partial charge in [-0.1, -0.05) is 24.3 Å². The van der Waals surface area contributed by atoms with E-state index in [1.807, 2.05) is 41.1 Å². The van der Waals surface area contributed by atoms with Crippen LogP contribution in [0.3, 0.4) is 0 Å². The first-order valence-corrected chi connectivity index (χ1v) is 7.62. The van der Waals surface area contributed by atoms with E-state index in [0.29, 0.717) is 5.70 Å². The lowest BCUT2D eigenvalue weighted by Crippen LogP contribution is -2.17. The molecule has 0 bridgehead atoms. The third kappa shape index (κ3) is 1.72. The molecule has 2 aromatic heterocycles. The molecule has 0 amide bonds. The number of fused-ring (bicyclic) bond motifs is 3. The Hall–Kier alpha value is -3.47. The Kier molecular flexibility index (Phi) is 2.58. The highest BCUT2D eigenvalue weighted by molar-refractivity contribution is 6.40. The molecular weight excluding hydrogens is 300 g/mol. The van der Waals surface area contributed by atoms with Gasteiger partial charge in [0, 0.05) is 30.4 Å². The smallest absolute Gasteiger partial charge is 0.212 e. The third-order valence-corrected chi connectivity index (χ3v) is 4.37. The number of Topliss-reactive ketones (excluding diaryl/α,β-unsaturated/α-hetero) is 1. The van der Waals surface area contributed by atoms with E-state index in [0.717, 1.165) is 28.0 Å². The summed E-state index contributed by atoms with van der Waals surface area (Å²) in [4.78, 5) is 21.4. The molecule has 5 nitrogen and oxygen atoms in total. The first kappa shape index (κ1) is 13.0. The fourth-order valence-electron chi connectivity index (χ4n) is 3.28. The van der Waals surface area contributed by atoms with Gasteiger partial charge in [-0.15, -0.1) is 0 Å². The van der Waals surface area contributed by atoms with E-state index in [4.69, 9.17) is 0 Å². The standard InChI is InChI=1S/C19H12N4O/c24-19-16-9-13-3-1-2-4-14(13)15(16)10-17(22-7-5-20-11-22)18(19)23-8-6-21-12-23/h1-12H. The van der Waals surface area contributed by atoms with Crippen LogP contribution in [0.25, 0.3) is 23.0 Å². The fourth-order valence-corrected chi connectivity index (χ4v) is 3.28. The number of rotatable bonds is 2. The maximum Gasteiger partial charge on any atom is 0.212 e. The number of carbonyl (C=O) groups is 1. The summed E-state index contributed by atoms with van der Waals surface area (Å²) in [6, 6.07) is 8.06. The van der Waals surface area contributed by atoms with E-state index < -0.39 is 0 Å². The van der Waals surface area contributed by atoms with Gasteiger partial charge in [0.05, 0.1) is 18.4 Å². The van der Waals surface area contributed by atoms with Gasteiger partial charge in [0.15, 0.2) is 0 Å². The summed E-state index contributed by atoms with van der Waals surface area (Å²) < 4.78 is 3.62. The van der Waals surface area contributed by atoms with Crippen molar-refractivity contribution in [1.29, 1.82) is 0 Å². The summed E-state index contributed by atoms with van der Waals surface area (Å²) in [7, 11) is 0. The summed E-state index contributed by atoms with van der Waals surface area (Å²) in [5.41, 5.74) is 5.21. The number of allylic oxidation sites excluding steroid dienone is 5. The van der Waals surface area contributed by atoms with Crippen molar-refractivity contribution >= 4 is 28.8 Å². The average molecular weight is 312 g/mol. The molecular formula is C19H12N4O. The van der Waals surface area contributed by atoms with Gasteiger partial charge >= 0.3 is 0 Å².